The molecule has 0 saturated heterocycles. The Bertz CT molecular complexity index is 1400. The van der Waals surface area contributed by atoms with E-state index in [4.69, 9.17) is 9.47 Å². The average molecular weight is 619 g/mol. The van der Waals surface area contributed by atoms with Crippen LogP contribution in [0.1, 0.15) is 19.4 Å². The van der Waals surface area contributed by atoms with Gasteiger partial charge in [0.15, 0.2) is 0 Å². The highest BCUT2D eigenvalue weighted by Crippen LogP contribution is 2.36. The smallest absolute Gasteiger partial charge is 0.264 e. The van der Waals surface area contributed by atoms with E-state index in [1.54, 1.807) is 44.2 Å². The van der Waals surface area contributed by atoms with Crippen molar-refractivity contribution in [3.05, 3.63) is 82.8 Å². The fraction of sp³-hybridized carbons (Fsp3) is 0.286. The molecule has 3 aromatic rings. The lowest BCUT2D eigenvalue weighted by molar-refractivity contribution is -0.139. The molecule has 2 amide bonds. The SMILES string of the molecule is CCNC(=O)[C@@H](C)N(Cc1cccc(Br)c1)C(=O)CN(c1cc(OC)ccc1OC)S(=O)(=O)c1ccccc1. The predicted molar refractivity (Wildman–Crippen MR) is 153 cm³/mol. The van der Waals surface area contributed by atoms with E-state index in [-0.39, 0.29) is 28.8 Å². The Kier molecular flexibility index (Phi) is 10.4. The second-order valence-corrected chi connectivity index (χ2v) is 11.4. The fourth-order valence-electron chi connectivity index (χ4n) is 3.96. The normalized spacial score (nSPS) is 11.8. The number of carbonyl (C=O) groups excluding carboxylic acids is 2. The van der Waals surface area contributed by atoms with E-state index in [9.17, 15) is 18.0 Å². The summed E-state index contributed by atoms with van der Waals surface area (Å²) >= 11 is 3.44. The van der Waals surface area contributed by atoms with Gasteiger partial charge in [-0.15, -0.1) is 0 Å². The number of ether oxygens (including phenoxy) is 2. The number of sulfonamides is 1. The van der Waals surface area contributed by atoms with Crippen molar-refractivity contribution < 1.29 is 27.5 Å². The molecular weight excluding hydrogens is 586 g/mol. The number of likely N-dealkylation sites (N-methyl/N-ethyl adjacent to an activating group) is 1. The number of halogens is 1. The molecule has 0 saturated carbocycles. The van der Waals surface area contributed by atoms with E-state index < -0.39 is 28.5 Å². The van der Waals surface area contributed by atoms with E-state index >= 15 is 0 Å². The third-order valence-corrected chi connectivity index (χ3v) is 8.29. The minimum atomic E-state index is -4.23. The van der Waals surface area contributed by atoms with E-state index in [0.717, 1.165) is 14.3 Å². The topological polar surface area (TPSA) is 105 Å². The van der Waals surface area contributed by atoms with Crippen LogP contribution in [0.15, 0.2) is 82.2 Å². The van der Waals surface area contributed by atoms with Crippen LogP contribution in [-0.2, 0) is 26.2 Å². The van der Waals surface area contributed by atoms with Gasteiger partial charge in [-0.3, -0.25) is 13.9 Å². The molecule has 1 N–H and O–H groups in total. The molecule has 0 aromatic heterocycles. The lowest BCUT2D eigenvalue weighted by atomic mass is 10.1. The number of rotatable bonds is 12. The van der Waals surface area contributed by atoms with Crippen molar-refractivity contribution in [1.29, 1.82) is 0 Å². The number of amides is 2. The summed E-state index contributed by atoms with van der Waals surface area (Å²) in [6, 6.07) is 19.0. The molecule has 3 rings (SSSR count). The zero-order chi connectivity index (χ0) is 28.6. The maximum atomic E-state index is 14.0. The highest BCUT2D eigenvalue weighted by Gasteiger charge is 2.34. The summed E-state index contributed by atoms with van der Waals surface area (Å²) in [5.74, 6) is -0.304. The van der Waals surface area contributed by atoms with Crippen LogP contribution in [0.2, 0.25) is 0 Å². The van der Waals surface area contributed by atoms with Crippen molar-refractivity contribution in [1.82, 2.24) is 10.2 Å². The summed E-state index contributed by atoms with van der Waals surface area (Å²) in [5, 5.41) is 2.74. The van der Waals surface area contributed by atoms with Gasteiger partial charge in [-0.25, -0.2) is 8.42 Å². The minimum Gasteiger partial charge on any atom is -0.497 e. The molecule has 0 spiro atoms. The van der Waals surface area contributed by atoms with Gasteiger partial charge in [0.1, 0.15) is 24.1 Å². The largest absolute Gasteiger partial charge is 0.497 e. The van der Waals surface area contributed by atoms with Crippen LogP contribution in [0.4, 0.5) is 5.69 Å². The van der Waals surface area contributed by atoms with Gasteiger partial charge in [0.25, 0.3) is 10.0 Å². The Morgan fingerprint density at radius 1 is 0.974 bits per heavy atom. The molecule has 208 valence electrons. The zero-order valence-corrected chi connectivity index (χ0v) is 24.7. The number of anilines is 1. The van der Waals surface area contributed by atoms with Crippen LogP contribution in [-0.4, -0.2) is 58.5 Å². The molecule has 0 aliphatic heterocycles. The van der Waals surface area contributed by atoms with E-state index in [1.807, 2.05) is 24.3 Å². The maximum absolute atomic E-state index is 14.0. The van der Waals surface area contributed by atoms with E-state index in [1.165, 1.54) is 37.3 Å². The van der Waals surface area contributed by atoms with E-state index in [0.29, 0.717) is 12.3 Å². The highest BCUT2D eigenvalue weighted by atomic mass is 79.9. The summed E-state index contributed by atoms with van der Waals surface area (Å²) in [6.07, 6.45) is 0. The molecule has 0 aliphatic rings. The maximum Gasteiger partial charge on any atom is 0.264 e. The standard InChI is InChI=1S/C28H32BrN3O6S/c1-5-30-28(34)20(2)31(18-21-10-9-11-22(29)16-21)27(33)19-32(39(35,36)24-12-7-6-8-13-24)25-17-23(37-3)14-15-26(25)38-4/h6-17,20H,5,18-19H2,1-4H3,(H,30,34)/t20-/m1/s1. The van der Waals surface area contributed by atoms with Crippen molar-refractivity contribution in [2.24, 2.45) is 0 Å². The fourth-order valence-corrected chi connectivity index (χ4v) is 5.85. The Balaban J connectivity index is 2.11. The lowest BCUT2D eigenvalue weighted by Gasteiger charge is -2.32. The number of hydrogen-bond donors (Lipinski definition) is 1. The van der Waals surface area contributed by atoms with Crippen LogP contribution in [0, 0.1) is 0 Å². The van der Waals surface area contributed by atoms with Crippen LogP contribution >= 0.6 is 15.9 Å². The molecule has 0 fully saturated rings. The van der Waals surface area contributed by atoms with Crippen molar-refractivity contribution in [3.8, 4) is 11.5 Å². The van der Waals surface area contributed by atoms with Crippen molar-refractivity contribution in [2.75, 3.05) is 31.6 Å². The molecule has 0 radical (unpaired) electrons. The monoisotopic (exact) mass is 617 g/mol. The van der Waals surface area contributed by atoms with Gasteiger partial charge >= 0.3 is 0 Å². The predicted octanol–water partition coefficient (Wildman–Crippen LogP) is 4.22. The van der Waals surface area contributed by atoms with Crippen LogP contribution in [0.3, 0.4) is 0 Å². The number of methoxy groups -OCH3 is 2. The third kappa shape index (κ3) is 7.30. The highest BCUT2D eigenvalue weighted by molar-refractivity contribution is 9.10. The van der Waals surface area contributed by atoms with Gasteiger partial charge in [-0.2, -0.15) is 0 Å². The minimum absolute atomic E-state index is 0.00186. The van der Waals surface area contributed by atoms with Gasteiger partial charge in [0.2, 0.25) is 11.8 Å². The molecule has 0 unspecified atom stereocenters. The first-order chi connectivity index (χ1) is 18.6. The molecular formula is C28H32BrN3O6S. The van der Waals surface area contributed by atoms with Gasteiger partial charge in [0.05, 0.1) is 24.8 Å². The summed E-state index contributed by atoms with van der Waals surface area (Å²) in [5.41, 5.74) is 0.896. The number of hydrogen-bond acceptors (Lipinski definition) is 6. The number of nitrogens with zero attached hydrogens (tertiary/aromatic N) is 2. The van der Waals surface area contributed by atoms with Gasteiger partial charge in [-0.05, 0) is 55.8 Å². The van der Waals surface area contributed by atoms with Gasteiger partial charge in [-0.1, -0.05) is 46.3 Å². The first-order valence-corrected chi connectivity index (χ1v) is 14.5. The molecule has 0 heterocycles. The molecule has 39 heavy (non-hydrogen) atoms. The Morgan fingerprint density at radius 3 is 2.31 bits per heavy atom. The number of benzene rings is 3. The van der Waals surface area contributed by atoms with Crippen molar-refractivity contribution >= 4 is 43.5 Å². The lowest BCUT2D eigenvalue weighted by Crippen LogP contribution is -2.51. The van der Waals surface area contributed by atoms with Gasteiger partial charge < -0.3 is 19.7 Å². The first kappa shape index (κ1) is 30.0. The quantitative estimate of drug-likeness (QED) is 0.326. The molecule has 3 aromatic carbocycles. The molecule has 1 atom stereocenters. The molecule has 9 nitrogen and oxygen atoms in total. The number of carbonyl (C=O) groups is 2. The summed E-state index contributed by atoms with van der Waals surface area (Å²) in [6.45, 7) is 3.29. The first-order valence-electron chi connectivity index (χ1n) is 12.2. The Morgan fingerprint density at radius 2 is 1.69 bits per heavy atom. The summed E-state index contributed by atoms with van der Waals surface area (Å²) in [4.78, 5) is 28.1. The third-order valence-electron chi connectivity index (χ3n) is 6.03. The van der Waals surface area contributed by atoms with Crippen molar-refractivity contribution in [2.45, 2.75) is 31.3 Å². The second-order valence-electron chi connectivity index (χ2n) is 8.58. The summed E-state index contributed by atoms with van der Waals surface area (Å²) in [7, 11) is -1.36. The molecule has 11 heteroatoms. The Hall–Kier alpha value is -3.57. The van der Waals surface area contributed by atoms with Gasteiger partial charge in [0, 0.05) is 23.6 Å². The second kappa shape index (κ2) is 13.5. The molecule has 0 bridgehead atoms. The van der Waals surface area contributed by atoms with Crippen molar-refractivity contribution in [3.63, 3.8) is 0 Å². The van der Waals surface area contributed by atoms with Crippen LogP contribution < -0.4 is 19.1 Å². The number of nitrogens with one attached hydrogen (secondary N) is 1. The van der Waals surface area contributed by atoms with Crippen LogP contribution in [0.25, 0.3) is 0 Å². The van der Waals surface area contributed by atoms with Crippen LogP contribution in [0.5, 0.6) is 11.5 Å². The van der Waals surface area contributed by atoms with E-state index in [2.05, 4.69) is 21.2 Å². The zero-order valence-electron chi connectivity index (χ0n) is 22.3. The Labute approximate surface area is 237 Å². The summed E-state index contributed by atoms with van der Waals surface area (Å²) < 4.78 is 40.5. The average Bonchev–Trinajstić information content (AvgIpc) is 2.94. The molecule has 0 aliphatic carbocycles.